The molecule has 0 aliphatic carbocycles. The van der Waals surface area contributed by atoms with Gasteiger partial charge in [-0.15, -0.1) is 0 Å². The first-order valence-electron chi connectivity index (χ1n) is 7.11. The normalized spacial score (nSPS) is 11.7. The van der Waals surface area contributed by atoms with Crippen LogP contribution in [0.5, 0.6) is 11.5 Å². The van der Waals surface area contributed by atoms with Crippen LogP contribution in [-0.2, 0) is 5.72 Å². The van der Waals surface area contributed by atoms with E-state index in [4.69, 9.17) is 16.3 Å². The maximum absolute atomic E-state index is 11.3. The van der Waals surface area contributed by atoms with Gasteiger partial charge in [0.25, 0.3) is 0 Å². The number of benzene rings is 1. The van der Waals surface area contributed by atoms with E-state index in [0.29, 0.717) is 16.7 Å². The molecule has 0 aliphatic heterocycles. The van der Waals surface area contributed by atoms with Gasteiger partial charge in [-0.05, 0) is 37.5 Å². The van der Waals surface area contributed by atoms with E-state index in [-0.39, 0.29) is 5.75 Å². The number of rotatable bonds is 4. The number of hydrogen-bond acceptors (Lipinski definition) is 3. The van der Waals surface area contributed by atoms with E-state index < -0.39 is 11.2 Å². The Morgan fingerprint density at radius 2 is 1.95 bits per heavy atom. The fourth-order valence-electron chi connectivity index (χ4n) is 2.09. The molecule has 0 bridgehead atoms. The minimum atomic E-state index is -0.811. The molecule has 2 rings (SSSR count). The van der Waals surface area contributed by atoms with Gasteiger partial charge < -0.3 is 14.4 Å². The van der Waals surface area contributed by atoms with E-state index in [2.05, 4.69) is 13.8 Å². The summed E-state index contributed by atoms with van der Waals surface area (Å²) < 4.78 is 7.59. The van der Waals surface area contributed by atoms with Crippen LogP contribution in [0.25, 0.3) is 0 Å². The largest absolute Gasteiger partial charge is 0.503 e. The summed E-state index contributed by atoms with van der Waals surface area (Å²) >= 11 is 6.29. The molecule has 2 aromatic rings. The second kappa shape index (κ2) is 6.05. The van der Waals surface area contributed by atoms with Crippen LogP contribution in [0, 0.1) is 0 Å². The van der Waals surface area contributed by atoms with Crippen LogP contribution in [-0.4, -0.2) is 9.67 Å². The second-order valence-corrected chi connectivity index (χ2v) is 6.40. The first-order valence-corrected chi connectivity index (χ1v) is 7.49. The van der Waals surface area contributed by atoms with Crippen molar-refractivity contribution in [2.24, 2.45) is 0 Å². The van der Waals surface area contributed by atoms with Crippen molar-refractivity contribution in [1.82, 2.24) is 4.57 Å². The van der Waals surface area contributed by atoms with Crippen molar-refractivity contribution in [1.29, 1.82) is 0 Å². The van der Waals surface area contributed by atoms with E-state index in [9.17, 15) is 9.90 Å². The Balaban J connectivity index is 2.31. The van der Waals surface area contributed by atoms with Gasteiger partial charge in [-0.1, -0.05) is 31.5 Å². The molecule has 118 valence electrons. The molecule has 0 radical (unpaired) electrons. The first-order chi connectivity index (χ1) is 10.2. The van der Waals surface area contributed by atoms with Gasteiger partial charge in [0.2, 0.25) is 5.43 Å². The Morgan fingerprint density at radius 1 is 1.27 bits per heavy atom. The van der Waals surface area contributed by atoms with E-state index in [1.165, 1.54) is 12.3 Å². The summed E-state index contributed by atoms with van der Waals surface area (Å²) in [7, 11) is 0. The number of aromatic nitrogens is 1. The molecule has 0 saturated carbocycles. The van der Waals surface area contributed by atoms with E-state index >= 15 is 0 Å². The standard InChI is InChI=1S/C17H20ClNO3/c1-11(2)12-5-6-16(13(18)9-12)22-17(3,4)19-8-7-14(20)15(21)10-19/h5-11,21H,1-4H3. The van der Waals surface area contributed by atoms with E-state index in [0.717, 1.165) is 5.56 Å². The molecule has 1 aromatic carbocycles. The molecule has 5 heteroatoms. The number of ether oxygens (including phenoxy) is 1. The maximum atomic E-state index is 11.3. The van der Waals surface area contributed by atoms with Crippen LogP contribution in [0.1, 0.15) is 39.2 Å². The average molecular weight is 322 g/mol. The SMILES string of the molecule is CC(C)c1ccc(OC(C)(C)n2ccc(=O)c(O)c2)c(Cl)c1. The number of pyridine rings is 1. The molecule has 0 spiro atoms. The molecule has 1 aromatic heterocycles. The topological polar surface area (TPSA) is 51.5 Å². The molecule has 0 unspecified atom stereocenters. The lowest BCUT2D eigenvalue weighted by Crippen LogP contribution is -2.33. The third-order valence-corrected chi connectivity index (χ3v) is 3.80. The van der Waals surface area contributed by atoms with Gasteiger partial charge >= 0.3 is 0 Å². The minimum Gasteiger partial charge on any atom is -0.503 e. The minimum absolute atomic E-state index is 0.319. The van der Waals surface area contributed by atoms with Crippen molar-refractivity contribution in [3.05, 3.63) is 57.5 Å². The Hall–Kier alpha value is -1.94. The summed E-state index contributed by atoms with van der Waals surface area (Å²) in [6.07, 6.45) is 2.91. The molecular weight excluding hydrogens is 302 g/mol. The molecule has 0 aliphatic rings. The summed E-state index contributed by atoms with van der Waals surface area (Å²) in [5.41, 5.74) is -0.101. The highest BCUT2D eigenvalue weighted by Gasteiger charge is 2.23. The quantitative estimate of drug-likeness (QED) is 0.922. The maximum Gasteiger partial charge on any atom is 0.223 e. The molecule has 22 heavy (non-hydrogen) atoms. The van der Waals surface area contributed by atoms with Gasteiger partial charge in [-0.3, -0.25) is 4.79 Å². The van der Waals surface area contributed by atoms with Crippen LogP contribution in [0.15, 0.2) is 41.5 Å². The number of hydrogen-bond donors (Lipinski definition) is 1. The fraction of sp³-hybridized carbons (Fsp3) is 0.353. The predicted octanol–water partition coefficient (Wildman–Crippen LogP) is 4.10. The molecule has 1 N–H and O–H groups in total. The monoisotopic (exact) mass is 321 g/mol. The molecule has 0 atom stereocenters. The third-order valence-electron chi connectivity index (χ3n) is 3.50. The van der Waals surface area contributed by atoms with Crippen molar-refractivity contribution in [2.45, 2.75) is 39.3 Å². The van der Waals surface area contributed by atoms with Gasteiger partial charge in [0, 0.05) is 12.3 Å². The van der Waals surface area contributed by atoms with Crippen molar-refractivity contribution >= 4 is 11.6 Å². The predicted molar refractivity (Wildman–Crippen MR) is 87.9 cm³/mol. The van der Waals surface area contributed by atoms with Crippen LogP contribution in [0.4, 0.5) is 0 Å². The summed E-state index contributed by atoms with van der Waals surface area (Å²) in [6, 6.07) is 7.00. The Kier molecular flexibility index (Phi) is 4.52. The molecule has 1 heterocycles. The Labute approximate surface area is 134 Å². The summed E-state index contributed by atoms with van der Waals surface area (Å²) in [4.78, 5) is 11.3. The second-order valence-electron chi connectivity index (χ2n) is 5.99. The van der Waals surface area contributed by atoms with Gasteiger partial charge in [0.1, 0.15) is 5.75 Å². The molecule has 4 nitrogen and oxygen atoms in total. The number of nitrogens with zero attached hydrogens (tertiary/aromatic N) is 1. The summed E-state index contributed by atoms with van der Waals surface area (Å²) in [6.45, 7) is 7.84. The van der Waals surface area contributed by atoms with Crippen LogP contribution in [0.2, 0.25) is 5.02 Å². The smallest absolute Gasteiger partial charge is 0.223 e. The van der Waals surface area contributed by atoms with Crippen molar-refractivity contribution in [2.75, 3.05) is 0 Å². The van der Waals surface area contributed by atoms with E-state index in [1.807, 2.05) is 32.0 Å². The van der Waals surface area contributed by atoms with Crippen LogP contribution < -0.4 is 10.2 Å². The zero-order valence-electron chi connectivity index (χ0n) is 13.1. The van der Waals surface area contributed by atoms with Gasteiger partial charge in [-0.25, -0.2) is 0 Å². The van der Waals surface area contributed by atoms with Crippen molar-refractivity contribution in [3.63, 3.8) is 0 Å². The summed E-state index contributed by atoms with van der Waals surface area (Å²) in [5, 5.41) is 10.1. The van der Waals surface area contributed by atoms with E-state index in [1.54, 1.807) is 10.8 Å². The average Bonchev–Trinajstić information content (AvgIpc) is 2.43. The molecule has 0 fully saturated rings. The third kappa shape index (κ3) is 3.45. The lowest BCUT2D eigenvalue weighted by atomic mass is 10.0. The highest BCUT2D eigenvalue weighted by atomic mass is 35.5. The lowest BCUT2D eigenvalue weighted by molar-refractivity contribution is 0.0296. The fourth-order valence-corrected chi connectivity index (χ4v) is 2.32. The zero-order valence-corrected chi connectivity index (χ0v) is 13.9. The van der Waals surface area contributed by atoms with Crippen molar-refractivity contribution in [3.8, 4) is 11.5 Å². The van der Waals surface area contributed by atoms with Crippen LogP contribution >= 0.6 is 11.6 Å². The lowest BCUT2D eigenvalue weighted by Gasteiger charge is -2.30. The molecule has 0 amide bonds. The Bertz CT molecular complexity index is 735. The number of aromatic hydroxyl groups is 1. The van der Waals surface area contributed by atoms with Crippen LogP contribution in [0.3, 0.4) is 0 Å². The molecule has 0 saturated heterocycles. The number of halogens is 1. The highest BCUT2D eigenvalue weighted by molar-refractivity contribution is 6.32. The van der Waals surface area contributed by atoms with Crippen molar-refractivity contribution < 1.29 is 9.84 Å². The molecular formula is C17H20ClNO3. The summed E-state index contributed by atoms with van der Waals surface area (Å²) in [5.74, 6) is 0.616. The Morgan fingerprint density at radius 3 is 2.50 bits per heavy atom. The van der Waals surface area contributed by atoms with Gasteiger partial charge in [0.05, 0.1) is 11.2 Å². The first kappa shape index (κ1) is 16.4. The zero-order chi connectivity index (χ0) is 16.5. The highest BCUT2D eigenvalue weighted by Crippen LogP contribution is 2.32. The van der Waals surface area contributed by atoms with Gasteiger partial charge in [0.15, 0.2) is 11.5 Å². The van der Waals surface area contributed by atoms with Gasteiger partial charge in [-0.2, -0.15) is 0 Å².